The van der Waals surface area contributed by atoms with Crippen molar-refractivity contribution >= 4 is 0 Å². The van der Waals surface area contributed by atoms with Gasteiger partial charge >= 0.3 is 0 Å². The zero-order valence-corrected chi connectivity index (χ0v) is 11.7. The Balaban J connectivity index is 1.86. The summed E-state index contributed by atoms with van der Waals surface area (Å²) in [4.78, 5) is 0. The monoisotopic (exact) mass is 261 g/mol. The normalized spacial score (nSPS) is 24.8. The Morgan fingerprint density at radius 2 is 2.05 bits per heavy atom. The maximum Gasteiger partial charge on any atom is 0.124 e. The van der Waals surface area contributed by atoms with Crippen molar-refractivity contribution < 1.29 is 9.47 Å². The van der Waals surface area contributed by atoms with Gasteiger partial charge in [-0.25, -0.2) is 0 Å². The van der Waals surface area contributed by atoms with E-state index in [1.807, 2.05) is 0 Å². The summed E-state index contributed by atoms with van der Waals surface area (Å²) in [6.07, 6.45) is 4.24. The fraction of sp³-hybridized carbons (Fsp3) is 0.625. The van der Waals surface area contributed by atoms with Crippen LogP contribution in [0.5, 0.6) is 5.75 Å². The van der Waals surface area contributed by atoms with Crippen LogP contribution in [0.4, 0.5) is 0 Å². The lowest BCUT2D eigenvalue weighted by Crippen LogP contribution is -2.47. The van der Waals surface area contributed by atoms with Gasteiger partial charge in [0.2, 0.25) is 0 Å². The van der Waals surface area contributed by atoms with E-state index >= 15 is 0 Å². The third kappa shape index (κ3) is 2.63. The molecule has 2 aliphatic heterocycles. The molecule has 3 rings (SSSR count). The number of hydrogen-bond donors (Lipinski definition) is 1. The van der Waals surface area contributed by atoms with Crippen molar-refractivity contribution in [2.75, 3.05) is 19.8 Å². The molecule has 3 heteroatoms. The van der Waals surface area contributed by atoms with Crippen LogP contribution >= 0.6 is 0 Å². The van der Waals surface area contributed by atoms with E-state index < -0.39 is 0 Å². The van der Waals surface area contributed by atoms with Crippen molar-refractivity contribution in [2.45, 2.75) is 44.2 Å². The fourth-order valence-electron chi connectivity index (χ4n) is 3.17. The Labute approximate surface area is 115 Å². The SMILES string of the molecule is CCCNC1CC2(CCOCC2)Oc2ccccc21. The molecule has 1 N–H and O–H groups in total. The van der Waals surface area contributed by atoms with Gasteiger partial charge in [0, 0.05) is 30.9 Å². The van der Waals surface area contributed by atoms with Crippen molar-refractivity contribution in [2.24, 2.45) is 0 Å². The van der Waals surface area contributed by atoms with E-state index in [2.05, 4.69) is 36.5 Å². The predicted molar refractivity (Wildman–Crippen MR) is 75.5 cm³/mol. The topological polar surface area (TPSA) is 30.5 Å². The summed E-state index contributed by atoms with van der Waals surface area (Å²) in [5.74, 6) is 1.06. The van der Waals surface area contributed by atoms with Gasteiger partial charge in [0.15, 0.2) is 0 Å². The Morgan fingerprint density at radius 3 is 2.84 bits per heavy atom. The van der Waals surface area contributed by atoms with Crippen molar-refractivity contribution in [3.63, 3.8) is 0 Å². The van der Waals surface area contributed by atoms with Crippen LogP contribution in [0.3, 0.4) is 0 Å². The number of para-hydroxylation sites is 1. The molecule has 1 unspecified atom stereocenters. The van der Waals surface area contributed by atoms with Gasteiger partial charge < -0.3 is 14.8 Å². The number of nitrogens with one attached hydrogen (secondary N) is 1. The van der Waals surface area contributed by atoms with Crippen molar-refractivity contribution in [1.82, 2.24) is 5.32 Å². The van der Waals surface area contributed by atoms with Crippen LogP contribution in [0.25, 0.3) is 0 Å². The molecule has 0 aromatic heterocycles. The third-order valence-corrected chi connectivity index (χ3v) is 4.24. The standard InChI is InChI=1S/C16H23NO2/c1-2-9-17-14-12-16(7-10-18-11-8-16)19-15-6-4-3-5-13(14)15/h3-6,14,17H,2,7-12H2,1H3. The highest BCUT2D eigenvalue weighted by atomic mass is 16.5. The lowest BCUT2D eigenvalue weighted by atomic mass is 9.82. The van der Waals surface area contributed by atoms with Gasteiger partial charge in [-0.1, -0.05) is 25.1 Å². The lowest BCUT2D eigenvalue weighted by Gasteiger charge is -2.44. The van der Waals surface area contributed by atoms with Gasteiger partial charge in [0.1, 0.15) is 11.4 Å². The minimum absolute atomic E-state index is 0.0159. The van der Waals surface area contributed by atoms with Crippen LogP contribution in [-0.2, 0) is 4.74 Å². The molecule has 104 valence electrons. The van der Waals surface area contributed by atoms with Crippen molar-refractivity contribution in [3.8, 4) is 5.75 Å². The summed E-state index contributed by atoms with van der Waals surface area (Å²) in [7, 11) is 0. The molecule has 19 heavy (non-hydrogen) atoms. The fourth-order valence-corrected chi connectivity index (χ4v) is 3.17. The molecule has 0 bridgehead atoms. The van der Waals surface area contributed by atoms with Gasteiger partial charge in [-0.3, -0.25) is 0 Å². The second kappa shape index (κ2) is 5.51. The largest absolute Gasteiger partial charge is 0.487 e. The molecule has 1 aromatic rings. The minimum atomic E-state index is -0.0159. The highest BCUT2D eigenvalue weighted by Gasteiger charge is 2.41. The Kier molecular flexibility index (Phi) is 3.76. The molecule has 1 atom stereocenters. The second-order valence-electron chi connectivity index (χ2n) is 5.65. The summed E-state index contributed by atoms with van der Waals surface area (Å²) in [5.41, 5.74) is 1.30. The second-order valence-corrected chi connectivity index (χ2v) is 5.65. The van der Waals surface area contributed by atoms with Gasteiger partial charge in [0.05, 0.1) is 13.2 Å². The van der Waals surface area contributed by atoms with E-state index in [4.69, 9.17) is 9.47 Å². The zero-order valence-electron chi connectivity index (χ0n) is 11.7. The molecule has 3 nitrogen and oxygen atoms in total. The van der Waals surface area contributed by atoms with E-state index in [1.54, 1.807) is 0 Å². The molecule has 1 saturated heterocycles. The number of benzene rings is 1. The maximum absolute atomic E-state index is 6.35. The predicted octanol–water partition coefficient (Wildman–Crippen LogP) is 3.06. The first-order valence-electron chi connectivity index (χ1n) is 7.42. The zero-order chi connectivity index (χ0) is 13.1. The third-order valence-electron chi connectivity index (χ3n) is 4.24. The van der Waals surface area contributed by atoms with E-state index in [-0.39, 0.29) is 5.60 Å². The van der Waals surface area contributed by atoms with Crippen molar-refractivity contribution in [3.05, 3.63) is 29.8 Å². The van der Waals surface area contributed by atoms with Gasteiger partial charge in [-0.05, 0) is 19.0 Å². The van der Waals surface area contributed by atoms with Gasteiger partial charge in [-0.15, -0.1) is 0 Å². The molecule has 2 heterocycles. The highest BCUT2D eigenvalue weighted by Crippen LogP contribution is 2.43. The molecule has 0 saturated carbocycles. The molecule has 0 aliphatic carbocycles. The van der Waals surface area contributed by atoms with Crippen LogP contribution in [-0.4, -0.2) is 25.4 Å². The molecule has 1 aromatic carbocycles. The lowest BCUT2D eigenvalue weighted by molar-refractivity contribution is -0.0645. The first-order chi connectivity index (χ1) is 9.33. The Hall–Kier alpha value is -1.06. The Bertz CT molecular complexity index is 427. The quantitative estimate of drug-likeness (QED) is 0.907. The minimum Gasteiger partial charge on any atom is -0.487 e. The molecule has 0 radical (unpaired) electrons. The summed E-state index contributed by atoms with van der Waals surface area (Å²) in [5, 5.41) is 3.68. The van der Waals surface area contributed by atoms with Crippen LogP contribution < -0.4 is 10.1 Å². The number of ether oxygens (including phenoxy) is 2. The molecular formula is C16H23NO2. The van der Waals surface area contributed by atoms with Crippen LogP contribution in [0.15, 0.2) is 24.3 Å². The average Bonchev–Trinajstić information content (AvgIpc) is 2.45. The summed E-state index contributed by atoms with van der Waals surface area (Å²) >= 11 is 0. The van der Waals surface area contributed by atoms with E-state index in [9.17, 15) is 0 Å². The summed E-state index contributed by atoms with van der Waals surface area (Å²) in [6.45, 7) is 4.92. The number of fused-ring (bicyclic) bond motifs is 1. The smallest absolute Gasteiger partial charge is 0.124 e. The molecule has 1 fully saturated rings. The van der Waals surface area contributed by atoms with Crippen molar-refractivity contribution in [1.29, 1.82) is 0 Å². The van der Waals surface area contributed by atoms with E-state index in [1.165, 1.54) is 5.56 Å². The average molecular weight is 261 g/mol. The summed E-state index contributed by atoms with van der Waals surface area (Å²) < 4.78 is 11.9. The summed E-state index contributed by atoms with van der Waals surface area (Å²) in [6, 6.07) is 8.88. The van der Waals surface area contributed by atoms with Gasteiger partial charge in [0.25, 0.3) is 0 Å². The number of hydrogen-bond acceptors (Lipinski definition) is 3. The van der Waals surface area contributed by atoms with E-state index in [0.717, 1.165) is 51.2 Å². The van der Waals surface area contributed by atoms with Crippen LogP contribution in [0.2, 0.25) is 0 Å². The van der Waals surface area contributed by atoms with Crippen LogP contribution in [0, 0.1) is 0 Å². The maximum atomic E-state index is 6.35. The molecule has 0 amide bonds. The van der Waals surface area contributed by atoms with Gasteiger partial charge in [-0.2, -0.15) is 0 Å². The first kappa shape index (κ1) is 12.9. The van der Waals surface area contributed by atoms with E-state index in [0.29, 0.717) is 6.04 Å². The highest BCUT2D eigenvalue weighted by molar-refractivity contribution is 5.39. The van der Waals surface area contributed by atoms with Crippen LogP contribution in [0.1, 0.15) is 44.2 Å². The molecule has 2 aliphatic rings. The first-order valence-corrected chi connectivity index (χ1v) is 7.42. The molecular weight excluding hydrogens is 238 g/mol. The Morgan fingerprint density at radius 1 is 1.26 bits per heavy atom. The number of rotatable bonds is 3. The molecule has 1 spiro atoms.